The lowest BCUT2D eigenvalue weighted by atomic mass is 10.1. The van der Waals surface area contributed by atoms with Gasteiger partial charge in [-0.15, -0.1) is 0 Å². The Morgan fingerprint density at radius 1 is 1.15 bits per heavy atom. The van der Waals surface area contributed by atoms with E-state index in [1.165, 1.54) is 16.8 Å². The molecule has 7 heteroatoms. The molecule has 148 valence electrons. The number of benzene rings is 1. The van der Waals surface area contributed by atoms with Crippen molar-refractivity contribution in [1.29, 1.82) is 0 Å². The van der Waals surface area contributed by atoms with E-state index >= 15 is 0 Å². The van der Waals surface area contributed by atoms with Crippen molar-refractivity contribution in [2.75, 3.05) is 12.9 Å². The fraction of sp³-hybridized carbons (Fsp3) is 0.500. The Balaban J connectivity index is 2.54. The maximum atomic E-state index is 13.0. The Bertz CT molecular complexity index is 953. The monoisotopic (exact) mass is 392 g/mol. The normalized spacial score (nSPS) is 12.4. The summed E-state index contributed by atoms with van der Waals surface area (Å²) in [6.45, 7) is 10.3. The molecule has 0 aliphatic heterocycles. The summed E-state index contributed by atoms with van der Waals surface area (Å²) in [6, 6.07) is 6.39. The van der Waals surface area contributed by atoms with Crippen molar-refractivity contribution in [3.63, 3.8) is 0 Å². The quantitative estimate of drug-likeness (QED) is 0.752. The van der Waals surface area contributed by atoms with E-state index in [2.05, 4.69) is 18.9 Å². The van der Waals surface area contributed by atoms with Gasteiger partial charge in [0.2, 0.25) is 0 Å². The summed E-state index contributed by atoms with van der Waals surface area (Å²) in [5.74, 6) is 0.696. The molecule has 0 radical (unpaired) electrons. The number of rotatable bonds is 6. The number of sulfone groups is 1. The summed E-state index contributed by atoms with van der Waals surface area (Å²) in [5, 5.41) is 4.31. The third-order valence-corrected chi connectivity index (χ3v) is 5.23. The molecule has 0 spiro atoms. The SMILES string of the molecule is CC(C)CCOc1c(-c2ccc(S(C)(=O)=O)cc2)cnn(C(C)(C)C)c1=O. The van der Waals surface area contributed by atoms with E-state index < -0.39 is 15.4 Å². The fourth-order valence-electron chi connectivity index (χ4n) is 2.54. The lowest BCUT2D eigenvalue weighted by molar-refractivity contribution is 0.270. The fourth-order valence-corrected chi connectivity index (χ4v) is 3.17. The number of hydrogen-bond donors (Lipinski definition) is 0. The van der Waals surface area contributed by atoms with Crippen LogP contribution in [-0.2, 0) is 15.4 Å². The van der Waals surface area contributed by atoms with Gasteiger partial charge in [-0.1, -0.05) is 26.0 Å². The first-order chi connectivity index (χ1) is 12.4. The van der Waals surface area contributed by atoms with Crippen LogP contribution < -0.4 is 10.3 Å². The van der Waals surface area contributed by atoms with Crippen molar-refractivity contribution in [3.8, 4) is 16.9 Å². The summed E-state index contributed by atoms with van der Waals surface area (Å²) in [5.41, 5.74) is 0.471. The van der Waals surface area contributed by atoms with E-state index in [0.717, 1.165) is 12.7 Å². The van der Waals surface area contributed by atoms with Gasteiger partial charge in [0.25, 0.3) is 0 Å². The molecule has 0 saturated carbocycles. The maximum Gasteiger partial charge on any atom is 0.310 e. The van der Waals surface area contributed by atoms with E-state index in [4.69, 9.17) is 4.74 Å². The van der Waals surface area contributed by atoms with Gasteiger partial charge in [-0.05, 0) is 50.8 Å². The summed E-state index contributed by atoms with van der Waals surface area (Å²) in [7, 11) is -3.28. The smallest absolute Gasteiger partial charge is 0.310 e. The highest BCUT2D eigenvalue weighted by Gasteiger charge is 2.22. The third kappa shape index (κ3) is 5.19. The molecule has 1 aromatic carbocycles. The van der Waals surface area contributed by atoms with Gasteiger partial charge in [-0.3, -0.25) is 4.79 Å². The summed E-state index contributed by atoms with van der Waals surface area (Å²) < 4.78 is 30.6. The highest BCUT2D eigenvalue weighted by molar-refractivity contribution is 7.90. The Kier molecular flexibility index (Phi) is 6.14. The predicted octanol–water partition coefficient (Wildman–Crippen LogP) is 3.49. The zero-order valence-corrected chi connectivity index (χ0v) is 17.6. The number of ether oxygens (including phenoxy) is 1. The van der Waals surface area contributed by atoms with Crippen LogP contribution in [-0.4, -0.2) is 31.1 Å². The van der Waals surface area contributed by atoms with Crippen molar-refractivity contribution in [2.24, 2.45) is 5.92 Å². The van der Waals surface area contributed by atoms with Gasteiger partial charge in [-0.2, -0.15) is 5.10 Å². The molecule has 0 aliphatic rings. The van der Waals surface area contributed by atoms with Crippen LogP contribution in [0.5, 0.6) is 5.75 Å². The molecule has 1 heterocycles. The van der Waals surface area contributed by atoms with Crippen molar-refractivity contribution >= 4 is 9.84 Å². The molecule has 27 heavy (non-hydrogen) atoms. The van der Waals surface area contributed by atoms with Crippen LogP contribution >= 0.6 is 0 Å². The van der Waals surface area contributed by atoms with Gasteiger partial charge in [0, 0.05) is 11.8 Å². The van der Waals surface area contributed by atoms with E-state index in [0.29, 0.717) is 23.7 Å². The molecule has 0 bridgehead atoms. The van der Waals surface area contributed by atoms with E-state index in [9.17, 15) is 13.2 Å². The largest absolute Gasteiger partial charge is 0.487 e. The Morgan fingerprint density at radius 3 is 2.22 bits per heavy atom. The van der Waals surface area contributed by atoms with Crippen LogP contribution in [0.15, 0.2) is 40.2 Å². The average molecular weight is 393 g/mol. The molecule has 6 nitrogen and oxygen atoms in total. The summed E-state index contributed by atoms with van der Waals surface area (Å²) in [4.78, 5) is 13.2. The Morgan fingerprint density at radius 2 is 1.74 bits per heavy atom. The van der Waals surface area contributed by atoms with E-state index in [-0.39, 0.29) is 16.2 Å². The van der Waals surface area contributed by atoms with Crippen molar-refractivity contribution in [2.45, 2.75) is 51.5 Å². The minimum absolute atomic E-state index is 0.226. The van der Waals surface area contributed by atoms with Gasteiger partial charge in [0.1, 0.15) is 0 Å². The molecule has 0 fully saturated rings. The van der Waals surface area contributed by atoms with Crippen molar-refractivity contribution in [3.05, 3.63) is 40.8 Å². The standard InChI is InChI=1S/C20H28N2O4S/c1-14(2)11-12-26-18-17(13-21-22(19(18)23)20(3,4)5)15-7-9-16(10-8-15)27(6,24)25/h7-10,13-14H,11-12H2,1-6H3. The minimum Gasteiger partial charge on any atom is -0.487 e. The summed E-state index contributed by atoms with van der Waals surface area (Å²) >= 11 is 0. The lowest BCUT2D eigenvalue weighted by Gasteiger charge is -2.22. The van der Waals surface area contributed by atoms with Crippen LogP contribution in [0.1, 0.15) is 41.0 Å². The zero-order chi connectivity index (χ0) is 20.4. The van der Waals surface area contributed by atoms with Gasteiger partial charge >= 0.3 is 5.56 Å². The van der Waals surface area contributed by atoms with Gasteiger partial charge in [0.05, 0.1) is 23.2 Å². The van der Waals surface area contributed by atoms with Crippen molar-refractivity contribution < 1.29 is 13.2 Å². The molecule has 0 unspecified atom stereocenters. The third-order valence-electron chi connectivity index (χ3n) is 4.10. The van der Waals surface area contributed by atoms with Crippen molar-refractivity contribution in [1.82, 2.24) is 9.78 Å². The predicted molar refractivity (Wildman–Crippen MR) is 107 cm³/mol. The summed E-state index contributed by atoms with van der Waals surface area (Å²) in [6.07, 6.45) is 3.59. The lowest BCUT2D eigenvalue weighted by Crippen LogP contribution is -2.36. The number of nitrogens with zero attached hydrogens (tertiary/aromatic N) is 2. The van der Waals surface area contributed by atoms with E-state index in [1.54, 1.807) is 18.3 Å². The molecule has 0 saturated heterocycles. The van der Waals surface area contributed by atoms with Crippen LogP contribution in [0.3, 0.4) is 0 Å². The highest BCUT2D eigenvalue weighted by Crippen LogP contribution is 2.28. The molecule has 2 aromatic rings. The molecule has 1 aromatic heterocycles. The first kappa shape index (κ1) is 21.2. The first-order valence-electron chi connectivity index (χ1n) is 8.97. The second-order valence-electron chi connectivity index (χ2n) is 8.10. The molecule has 0 N–H and O–H groups in total. The average Bonchev–Trinajstić information content (AvgIpc) is 2.54. The first-order valence-corrected chi connectivity index (χ1v) is 10.9. The minimum atomic E-state index is -3.28. The zero-order valence-electron chi connectivity index (χ0n) is 16.8. The van der Waals surface area contributed by atoms with E-state index in [1.807, 2.05) is 20.8 Å². The molecule has 0 aliphatic carbocycles. The number of aromatic nitrogens is 2. The van der Waals surface area contributed by atoms with Gasteiger partial charge in [0.15, 0.2) is 15.6 Å². The number of hydrogen-bond acceptors (Lipinski definition) is 5. The maximum absolute atomic E-state index is 13.0. The molecule has 0 atom stereocenters. The Hall–Kier alpha value is -2.15. The second-order valence-corrected chi connectivity index (χ2v) is 10.1. The molecule has 0 amide bonds. The highest BCUT2D eigenvalue weighted by atomic mass is 32.2. The molecular formula is C20H28N2O4S. The topological polar surface area (TPSA) is 78.3 Å². The van der Waals surface area contributed by atoms with Crippen LogP contribution in [0.25, 0.3) is 11.1 Å². The molecule has 2 rings (SSSR count). The second kappa shape index (κ2) is 7.84. The van der Waals surface area contributed by atoms with Crippen LogP contribution in [0.2, 0.25) is 0 Å². The van der Waals surface area contributed by atoms with Crippen LogP contribution in [0, 0.1) is 5.92 Å². The van der Waals surface area contributed by atoms with Crippen LogP contribution in [0.4, 0.5) is 0 Å². The van der Waals surface area contributed by atoms with Gasteiger partial charge in [-0.25, -0.2) is 13.1 Å². The molecular weight excluding hydrogens is 364 g/mol. The Labute approximate surface area is 161 Å². The van der Waals surface area contributed by atoms with Gasteiger partial charge < -0.3 is 4.74 Å².